The van der Waals surface area contributed by atoms with Gasteiger partial charge in [0, 0.05) is 30.5 Å². The van der Waals surface area contributed by atoms with E-state index in [0.29, 0.717) is 29.5 Å². The van der Waals surface area contributed by atoms with Crippen LogP contribution < -0.4 is 5.32 Å². The molecule has 2 amide bonds. The van der Waals surface area contributed by atoms with Crippen LogP contribution in [0.3, 0.4) is 0 Å². The van der Waals surface area contributed by atoms with E-state index in [4.69, 9.17) is 0 Å². The third kappa shape index (κ3) is 4.52. The Hall–Kier alpha value is -1.43. The molecule has 4 nitrogen and oxygen atoms in total. The molecule has 1 aromatic rings. The molecule has 0 radical (unpaired) electrons. The maximum absolute atomic E-state index is 13.0. The summed E-state index contributed by atoms with van der Waals surface area (Å²) in [7, 11) is 0. The molecule has 2 rings (SSSR count). The molecule has 1 N–H and O–H groups in total. The molecule has 1 aliphatic rings. The minimum absolute atomic E-state index is 0.157. The second-order valence-electron chi connectivity index (χ2n) is 5.07. The fourth-order valence-corrected chi connectivity index (χ4v) is 2.88. The molecule has 1 saturated heterocycles. The van der Waals surface area contributed by atoms with E-state index in [1.807, 2.05) is 0 Å². The topological polar surface area (TPSA) is 49.4 Å². The number of nitrogens with one attached hydrogen (secondary N) is 1. The summed E-state index contributed by atoms with van der Waals surface area (Å²) in [4.78, 5) is 25.6. The summed E-state index contributed by atoms with van der Waals surface area (Å²) < 4.78 is 13.4. The van der Waals surface area contributed by atoms with E-state index >= 15 is 0 Å². The molecule has 1 fully saturated rings. The average molecular weight is 357 g/mol. The van der Waals surface area contributed by atoms with Gasteiger partial charge in [-0.25, -0.2) is 4.39 Å². The summed E-state index contributed by atoms with van der Waals surface area (Å²) in [6.07, 6.45) is 3.64. The number of likely N-dealkylation sites (tertiary alicyclic amines) is 1. The lowest BCUT2D eigenvalue weighted by Crippen LogP contribution is -2.38. The molecule has 1 aromatic carbocycles. The standard InChI is InChI=1S/C15H18BrFN2O2/c16-13-10-11(17)5-6-12(13)15(21)18-7-9-19-8-3-1-2-4-14(19)20/h5-6,10H,1-4,7-9H2,(H,18,21). The van der Waals surface area contributed by atoms with Gasteiger partial charge in [-0.2, -0.15) is 0 Å². The SMILES string of the molecule is O=C(NCCN1CCCCCC1=O)c1ccc(F)cc1Br. The van der Waals surface area contributed by atoms with Gasteiger partial charge in [-0.15, -0.1) is 0 Å². The summed E-state index contributed by atoms with van der Waals surface area (Å²) in [5.74, 6) is -0.512. The van der Waals surface area contributed by atoms with Gasteiger partial charge in [-0.05, 0) is 47.0 Å². The van der Waals surface area contributed by atoms with Crippen LogP contribution in [0.15, 0.2) is 22.7 Å². The van der Waals surface area contributed by atoms with Gasteiger partial charge in [-0.3, -0.25) is 9.59 Å². The van der Waals surface area contributed by atoms with Crippen molar-refractivity contribution in [3.8, 4) is 0 Å². The molecule has 114 valence electrons. The number of amides is 2. The first-order chi connectivity index (χ1) is 10.1. The number of nitrogens with zero attached hydrogens (tertiary/aromatic N) is 1. The number of hydrogen-bond donors (Lipinski definition) is 1. The van der Waals surface area contributed by atoms with Crippen LogP contribution in [0.4, 0.5) is 4.39 Å². The molecule has 0 unspecified atom stereocenters. The highest BCUT2D eigenvalue weighted by molar-refractivity contribution is 9.10. The first-order valence-electron chi connectivity index (χ1n) is 7.09. The van der Waals surface area contributed by atoms with Crippen molar-refractivity contribution in [1.29, 1.82) is 0 Å². The lowest BCUT2D eigenvalue weighted by atomic mass is 10.2. The lowest BCUT2D eigenvalue weighted by molar-refractivity contribution is -0.130. The highest BCUT2D eigenvalue weighted by Gasteiger charge is 2.16. The van der Waals surface area contributed by atoms with E-state index < -0.39 is 5.82 Å². The van der Waals surface area contributed by atoms with Crippen molar-refractivity contribution in [2.75, 3.05) is 19.6 Å². The zero-order valence-corrected chi connectivity index (χ0v) is 13.3. The normalized spacial score (nSPS) is 15.7. The van der Waals surface area contributed by atoms with Gasteiger partial charge in [-0.1, -0.05) is 6.42 Å². The molecule has 0 saturated carbocycles. The van der Waals surface area contributed by atoms with Crippen molar-refractivity contribution in [3.05, 3.63) is 34.1 Å². The minimum atomic E-state index is -0.395. The third-order valence-corrected chi connectivity index (χ3v) is 4.17. The number of carbonyl (C=O) groups is 2. The van der Waals surface area contributed by atoms with Crippen molar-refractivity contribution in [2.45, 2.75) is 25.7 Å². The van der Waals surface area contributed by atoms with Crippen LogP contribution in [-0.2, 0) is 4.79 Å². The van der Waals surface area contributed by atoms with Crippen LogP contribution in [0.5, 0.6) is 0 Å². The van der Waals surface area contributed by atoms with Gasteiger partial charge in [0.05, 0.1) is 5.56 Å². The fourth-order valence-electron chi connectivity index (χ4n) is 2.35. The Morgan fingerprint density at radius 2 is 2.14 bits per heavy atom. The van der Waals surface area contributed by atoms with Crippen molar-refractivity contribution in [2.24, 2.45) is 0 Å². The smallest absolute Gasteiger partial charge is 0.252 e. The molecule has 0 aliphatic carbocycles. The summed E-state index contributed by atoms with van der Waals surface area (Å²) in [5, 5.41) is 2.76. The predicted molar refractivity (Wildman–Crippen MR) is 81.5 cm³/mol. The largest absolute Gasteiger partial charge is 0.350 e. The fraction of sp³-hybridized carbons (Fsp3) is 0.467. The summed E-state index contributed by atoms with van der Waals surface area (Å²) in [6, 6.07) is 3.94. The molecule has 0 spiro atoms. The van der Waals surface area contributed by atoms with Gasteiger partial charge in [0.1, 0.15) is 5.82 Å². The molecular weight excluding hydrogens is 339 g/mol. The second-order valence-corrected chi connectivity index (χ2v) is 5.93. The van der Waals surface area contributed by atoms with E-state index in [1.54, 1.807) is 4.90 Å². The van der Waals surface area contributed by atoms with Crippen molar-refractivity contribution in [3.63, 3.8) is 0 Å². The number of hydrogen-bond acceptors (Lipinski definition) is 2. The number of rotatable bonds is 4. The number of benzene rings is 1. The van der Waals surface area contributed by atoms with E-state index in [2.05, 4.69) is 21.2 Å². The Morgan fingerprint density at radius 3 is 2.90 bits per heavy atom. The van der Waals surface area contributed by atoms with Crippen molar-refractivity contribution in [1.82, 2.24) is 10.2 Å². The van der Waals surface area contributed by atoms with Gasteiger partial charge in [0.15, 0.2) is 0 Å². The Labute approximate surface area is 131 Å². The first kappa shape index (κ1) is 15.9. The number of halogens is 2. The first-order valence-corrected chi connectivity index (χ1v) is 7.88. The molecule has 1 aliphatic heterocycles. The van der Waals surface area contributed by atoms with Crippen molar-refractivity contribution < 1.29 is 14.0 Å². The van der Waals surface area contributed by atoms with E-state index in [-0.39, 0.29) is 11.8 Å². The molecule has 0 bridgehead atoms. The molecular formula is C15H18BrFN2O2. The molecule has 0 aromatic heterocycles. The van der Waals surface area contributed by atoms with Gasteiger partial charge in [0.25, 0.3) is 5.91 Å². The van der Waals surface area contributed by atoms with Crippen LogP contribution in [-0.4, -0.2) is 36.3 Å². The monoisotopic (exact) mass is 356 g/mol. The highest BCUT2D eigenvalue weighted by atomic mass is 79.9. The maximum Gasteiger partial charge on any atom is 0.252 e. The summed E-state index contributed by atoms with van der Waals surface area (Å²) in [5.41, 5.74) is 0.388. The Kier molecular flexibility index (Phi) is 5.73. The Bertz CT molecular complexity index is 536. The van der Waals surface area contributed by atoms with E-state index in [1.165, 1.54) is 18.2 Å². The molecule has 6 heteroatoms. The minimum Gasteiger partial charge on any atom is -0.350 e. The van der Waals surface area contributed by atoms with E-state index in [9.17, 15) is 14.0 Å². The third-order valence-electron chi connectivity index (χ3n) is 3.51. The number of carbonyl (C=O) groups excluding carboxylic acids is 2. The second kappa shape index (κ2) is 7.54. The highest BCUT2D eigenvalue weighted by Crippen LogP contribution is 2.17. The van der Waals surface area contributed by atoms with Crippen LogP contribution in [0, 0.1) is 5.82 Å². The Morgan fingerprint density at radius 1 is 1.33 bits per heavy atom. The zero-order valence-electron chi connectivity index (χ0n) is 11.7. The summed E-state index contributed by atoms with van der Waals surface area (Å²) in [6.45, 7) is 1.67. The van der Waals surface area contributed by atoms with Crippen LogP contribution in [0.25, 0.3) is 0 Å². The average Bonchev–Trinajstić information content (AvgIpc) is 2.64. The summed E-state index contributed by atoms with van der Waals surface area (Å²) >= 11 is 3.17. The molecule has 0 atom stereocenters. The molecule has 21 heavy (non-hydrogen) atoms. The van der Waals surface area contributed by atoms with Gasteiger partial charge < -0.3 is 10.2 Å². The van der Waals surface area contributed by atoms with Gasteiger partial charge in [0.2, 0.25) is 5.91 Å². The molecule has 1 heterocycles. The van der Waals surface area contributed by atoms with E-state index in [0.717, 1.165) is 25.8 Å². The van der Waals surface area contributed by atoms with Gasteiger partial charge >= 0.3 is 0 Å². The Balaban J connectivity index is 1.85. The predicted octanol–water partition coefficient (Wildman–Crippen LogP) is 2.72. The lowest BCUT2D eigenvalue weighted by Gasteiger charge is -2.20. The zero-order chi connectivity index (χ0) is 15.2. The van der Waals surface area contributed by atoms with Crippen LogP contribution >= 0.6 is 15.9 Å². The quantitative estimate of drug-likeness (QED) is 0.901. The van der Waals surface area contributed by atoms with Crippen molar-refractivity contribution >= 4 is 27.7 Å². The van der Waals surface area contributed by atoms with Crippen LogP contribution in [0.2, 0.25) is 0 Å². The van der Waals surface area contributed by atoms with Crippen LogP contribution in [0.1, 0.15) is 36.0 Å². The maximum atomic E-state index is 13.0.